The molecule has 0 spiro atoms. The highest BCUT2D eigenvalue weighted by Gasteiger charge is 2.30. The number of amides is 3. The number of aliphatic hydroxyl groups excluding tert-OH is 1. The second kappa shape index (κ2) is 14.4. The molecule has 1 aromatic heterocycles. The van der Waals surface area contributed by atoms with E-state index in [1.807, 2.05) is 24.3 Å². The molecule has 10 N–H and O–H groups in total. The fourth-order valence-electron chi connectivity index (χ4n) is 3.57. The van der Waals surface area contributed by atoms with E-state index in [2.05, 4.69) is 33.6 Å². The van der Waals surface area contributed by atoms with Gasteiger partial charge in [-0.3, -0.25) is 14.4 Å². The largest absolute Gasteiger partial charge is 0.480 e. The maximum atomic E-state index is 12.8. The van der Waals surface area contributed by atoms with Gasteiger partial charge in [-0.1, -0.05) is 24.6 Å². The third kappa shape index (κ3) is 8.22. The van der Waals surface area contributed by atoms with Crippen LogP contribution in [0.2, 0.25) is 0 Å². The molecule has 0 aliphatic heterocycles. The zero-order chi connectivity index (χ0) is 26.7. The van der Waals surface area contributed by atoms with E-state index < -0.39 is 54.5 Å². The summed E-state index contributed by atoms with van der Waals surface area (Å²) in [6.45, 7) is -0.264. The number of fused-ring (bicyclic) bond motifs is 1. The fourth-order valence-corrected chi connectivity index (χ4v) is 3.83. The second-order valence-corrected chi connectivity index (χ2v) is 8.71. The molecule has 1 aromatic carbocycles. The first kappa shape index (κ1) is 29.1. The molecular formula is C23H34N6O6S. The Balaban J connectivity index is 1.99. The van der Waals surface area contributed by atoms with E-state index in [0.717, 1.165) is 10.9 Å². The van der Waals surface area contributed by atoms with Gasteiger partial charge in [-0.2, -0.15) is 12.6 Å². The zero-order valence-corrected chi connectivity index (χ0v) is 20.7. The summed E-state index contributed by atoms with van der Waals surface area (Å²) in [5.41, 5.74) is 12.8. The number of carbonyl (C=O) groups is 4. The Morgan fingerprint density at radius 1 is 0.972 bits per heavy atom. The van der Waals surface area contributed by atoms with Crippen LogP contribution < -0.4 is 27.4 Å². The Labute approximate surface area is 214 Å². The van der Waals surface area contributed by atoms with E-state index in [1.54, 1.807) is 6.20 Å². The number of nitrogens with one attached hydrogen (secondary N) is 4. The van der Waals surface area contributed by atoms with Gasteiger partial charge in [0.2, 0.25) is 17.7 Å². The number of hydrogen-bond donors (Lipinski definition) is 9. The molecule has 0 aliphatic rings. The van der Waals surface area contributed by atoms with Crippen LogP contribution in [0.3, 0.4) is 0 Å². The van der Waals surface area contributed by atoms with E-state index in [4.69, 9.17) is 11.5 Å². The Morgan fingerprint density at radius 3 is 2.25 bits per heavy atom. The number of aliphatic carboxylic acids is 1. The molecule has 4 atom stereocenters. The Bertz CT molecular complexity index is 1050. The molecule has 4 unspecified atom stereocenters. The Kier molecular flexibility index (Phi) is 11.7. The molecule has 0 radical (unpaired) electrons. The fraction of sp³-hybridized carbons (Fsp3) is 0.478. The minimum atomic E-state index is -1.35. The lowest BCUT2D eigenvalue weighted by Crippen LogP contribution is -2.58. The van der Waals surface area contributed by atoms with Crippen LogP contribution in [-0.4, -0.2) is 82.0 Å². The van der Waals surface area contributed by atoms with Gasteiger partial charge in [0.1, 0.15) is 18.1 Å². The number of para-hydroxylation sites is 1. The summed E-state index contributed by atoms with van der Waals surface area (Å²) in [6, 6.07) is 2.64. The minimum absolute atomic E-state index is 0.00961. The van der Waals surface area contributed by atoms with Crippen LogP contribution in [0.25, 0.3) is 10.9 Å². The number of unbranched alkanes of at least 4 members (excludes halogenated alkanes) is 1. The molecule has 198 valence electrons. The van der Waals surface area contributed by atoms with Crippen molar-refractivity contribution < 1.29 is 29.4 Å². The predicted octanol–water partition coefficient (Wildman–Crippen LogP) is -1.37. The summed E-state index contributed by atoms with van der Waals surface area (Å²) in [5.74, 6) is -3.63. The molecule has 2 rings (SSSR count). The summed E-state index contributed by atoms with van der Waals surface area (Å²) < 4.78 is 0. The Hall–Kier alpha value is -3.13. The van der Waals surface area contributed by atoms with Crippen molar-refractivity contribution in [2.75, 3.05) is 18.9 Å². The van der Waals surface area contributed by atoms with Crippen LogP contribution in [0.4, 0.5) is 0 Å². The number of carboxylic acid groups (broad SMARTS) is 1. The number of benzene rings is 1. The summed E-state index contributed by atoms with van der Waals surface area (Å²) >= 11 is 4.08. The highest BCUT2D eigenvalue weighted by Crippen LogP contribution is 2.19. The minimum Gasteiger partial charge on any atom is -0.480 e. The first-order chi connectivity index (χ1) is 17.2. The second-order valence-electron chi connectivity index (χ2n) is 8.34. The number of hydrogen-bond acceptors (Lipinski definition) is 8. The molecule has 0 bridgehead atoms. The lowest BCUT2D eigenvalue weighted by Gasteiger charge is -2.23. The molecule has 0 aliphatic carbocycles. The van der Waals surface area contributed by atoms with Gasteiger partial charge in [0.15, 0.2) is 0 Å². The molecule has 12 nitrogen and oxygen atoms in total. The van der Waals surface area contributed by atoms with Crippen LogP contribution in [0.5, 0.6) is 0 Å². The molecule has 0 fully saturated rings. The quantitative estimate of drug-likeness (QED) is 0.100. The molecule has 13 heteroatoms. The van der Waals surface area contributed by atoms with E-state index in [9.17, 15) is 29.4 Å². The van der Waals surface area contributed by atoms with E-state index in [1.165, 1.54) is 0 Å². The topological polar surface area (TPSA) is 213 Å². The molecule has 0 saturated heterocycles. The third-order valence-corrected chi connectivity index (χ3v) is 6.02. The van der Waals surface area contributed by atoms with Gasteiger partial charge in [0.25, 0.3) is 0 Å². The molecule has 3 amide bonds. The van der Waals surface area contributed by atoms with Crippen LogP contribution in [0.1, 0.15) is 24.8 Å². The molecular weight excluding hydrogens is 488 g/mol. The van der Waals surface area contributed by atoms with Gasteiger partial charge in [0, 0.05) is 29.3 Å². The third-order valence-electron chi connectivity index (χ3n) is 5.65. The highest BCUT2D eigenvalue weighted by molar-refractivity contribution is 7.80. The summed E-state index contributed by atoms with van der Waals surface area (Å²) in [6.07, 6.45) is 3.38. The predicted molar refractivity (Wildman–Crippen MR) is 137 cm³/mol. The summed E-state index contributed by atoms with van der Waals surface area (Å²) in [5, 5.41) is 27.2. The lowest BCUT2D eigenvalue weighted by molar-refractivity contribution is -0.142. The number of carbonyl (C=O) groups excluding carboxylic acids is 3. The number of aliphatic hydroxyl groups is 1. The van der Waals surface area contributed by atoms with Crippen molar-refractivity contribution in [1.29, 1.82) is 0 Å². The van der Waals surface area contributed by atoms with E-state index >= 15 is 0 Å². The zero-order valence-electron chi connectivity index (χ0n) is 19.8. The average molecular weight is 523 g/mol. The van der Waals surface area contributed by atoms with Crippen molar-refractivity contribution in [2.45, 2.75) is 49.9 Å². The average Bonchev–Trinajstić information content (AvgIpc) is 3.27. The number of aromatic nitrogens is 1. The Morgan fingerprint density at radius 2 is 1.61 bits per heavy atom. The summed E-state index contributed by atoms with van der Waals surface area (Å²) in [4.78, 5) is 52.5. The van der Waals surface area contributed by atoms with Gasteiger partial charge < -0.3 is 42.6 Å². The van der Waals surface area contributed by atoms with Gasteiger partial charge in [-0.15, -0.1) is 0 Å². The standard InChI is InChI=1S/C23H34N6O6S/c24-8-4-3-6-15(25)20(31)28-18(11-30)21(32)29-19(12-36)22(33)27-17(23(34)35)9-13-10-26-16-7-2-1-5-14(13)16/h1-2,5,7,10,15,17-19,26,30,36H,3-4,6,8-9,11-12,24-25H2,(H,27,33)(H,28,31)(H,29,32)(H,34,35). The first-order valence-electron chi connectivity index (χ1n) is 11.6. The normalized spacial score (nSPS) is 14.4. The van der Waals surface area contributed by atoms with Crippen molar-refractivity contribution in [1.82, 2.24) is 20.9 Å². The molecule has 1 heterocycles. The van der Waals surface area contributed by atoms with Crippen molar-refractivity contribution in [3.63, 3.8) is 0 Å². The van der Waals surface area contributed by atoms with Crippen LogP contribution in [-0.2, 0) is 25.6 Å². The van der Waals surface area contributed by atoms with Crippen molar-refractivity contribution in [2.24, 2.45) is 11.5 Å². The van der Waals surface area contributed by atoms with Crippen molar-refractivity contribution in [3.05, 3.63) is 36.0 Å². The maximum Gasteiger partial charge on any atom is 0.326 e. The van der Waals surface area contributed by atoms with Crippen LogP contribution in [0, 0.1) is 0 Å². The molecule has 36 heavy (non-hydrogen) atoms. The number of aromatic amines is 1. The number of thiol groups is 1. The van der Waals surface area contributed by atoms with Gasteiger partial charge >= 0.3 is 5.97 Å². The maximum absolute atomic E-state index is 12.8. The van der Waals surface area contributed by atoms with Gasteiger partial charge in [-0.25, -0.2) is 4.79 Å². The van der Waals surface area contributed by atoms with E-state index in [0.29, 0.717) is 31.4 Å². The van der Waals surface area contributed by atoms with Crippen LogP contribution >= 0.6 is 12.6 Å². The number of carboxylic acids is 1. The SMILES string of the molecule is NCCCCC(N)C(=O)NC(CO)C(=O)NC(CS)C(=O)NC(Cc1c[nH]c2ccccc12)C(=O)O. The van der Waals surface area contributed by atoms with Crippen LogP contribution in [0.15, 0.2) is 30.5 Å². The number of H-pyrrole nitrogens is 1. The number of rotatable bonds is 15. The number of nitrogens with two attached hydrogens (primary N) is 2. The molecule has 0 saturated carbocycles. The smallest absolute Gasteiger partial charge is 0.326 e. The molecule has 2 aromatic rings. The first-order valence-corrected chi connectivity index (χ1v) is 12.2. The van der Waals surface area contributed by atoms with Gasteiger partial charge in [0.05, 0.1) is 12.6 Å². The van der Waals surface area contributed by atoms with Crippen molar-refractivity contribution >= 4 is 47.2 Å². The lowest BCUT2D eigenvalue weighted by atomic mass is 10.0. The van der Waals surface area contributed by atoms with E-state index in [-0.39, 0.29) is 12.2 Å². The highest BCUT2D eigenvalue weighted by atomic mass is 32.1. The summed E-state index contributed by atoms with van der Waals surface area (Å²) in [7, 11) is 0. The van der Waals surface area contributed by atoms with Crippen molar-refractivity contribution in [3.8, 4) is 0 Å². The van der Waals surface area contributed by atoms with Gasteiger partial charge in [-0.05, 0) is 31.0 Å². The monoisotopic (exact) mass is 522 g/mol.